The molecule has 3 aliphatic heterocycles. The van der Waals surface area contributed by atoms with E-state index in [1.807, 2.05) is 18.7 Å². The van der Waals surface area contributed by atoms with Gasteiger partial charge < -0.3 is 39.0 Å². The topological polar surface area (TPSA) is 130 Å². The maximum absolute atomic E-state index is 12.9. The molecular weight excluding hydrogens is 597 g/mol. The fraction of sp³-hybridized carbons (Fsp3) is 0.531. The number of hydrogen-bond donors (Lipinski definition) is 2. The predicted molar refractivity (Wildman–Crippen MR) is 154 cm³/mol. The zero-order valence-corrected chi connectivity index (χ0v) is 25.4. The Morgan fingerprint density at radius 3 is 2.13 bits per heavy atom. The monoisotopic (exact) mass is 636 g/mol. The summed E-state index contributed by atoms with van der Waals surface area (Å²) in [5, 5.41) is 18.0. The van der Waals surface area contributed by atoms with Gasteiger partial charge in [0, 0.05) is 49.1 Å². The second-order valence-corrected chi connectivity index (χ2v) is 11.6. The lowest BCUT2D eigenvalue weighted by atomic mass is 9.77. The summed E-state index contributed by atoms with van der Waals surface area (Å²) in [6, 6.07) is 11.0. The number of carbonyl (C=O) groups excluding carboxylic acids is 2. The number of aliphatic carboxylic acids is 1. The number of halogens is 3. The zero-order valence-electron chi connectivity index (χ0n) is 25.4. The maximum Gasteiger partial charge on any atom is 0.430 e. The van der Waals surface area contributed by atoms with Crippen molar-refractivity contribution in [1.82, 2.24) is 0 Å². The number of ether oxygens (including phenoxy) is 3. The number of carboxylic acid groups (broad SMARTS) is 2. The van der Waals surface area contributed by atoms with Crippen molar-refractivity contribution in [3.05, 3.63) is 53.1 Å². The molecular formula is C32H39F3N2O8. The van der Waals surface area contributed by atoms with Gasteiger partial charge in [0.25, 0.3) is 0 Å². The van der Waals surface area contributed by atoms with Crippen LogP contribution in [0.25, 0.3) is 0 Å². The molecule has 3 saturated heterocycles. The molecule has 1 amide bonds. The van der Waals surface area contributed by atoms with Gasteiger partial charge in [0.2, 0.25) is 5.91 Å². The molecule has 1 spiro atoms. The fourth-order valence-corrected chi connectivity index (χ4v) is 6.28. The minimum Gasteiger partial charge on any atom is -0.542 e. The van der Waals surface area contributed by atoms with E-state index in [1.54, 1.807) is 24.3 Å². The highest BCUT2D eigenvalue weighted by Crippen LogP contribution is 2.43. The van der Waals surface area contributed by atoms with Gasteiger partial charge in [-0.1, -0.05) is 0 Å². The number of alkyl halides is 3. The Labute approximate surface area is 259 Å². The summed E-state index contributed by atoms with van der Waals surface area (Å²) in [7, 11) is 0. The van der Waals surface area contributed by atoms with E-state index in [0.717, 1.165) is 74.7 Å². The van der Waals surface area contributed by atoms with Crippen LogP contribution in [0.5, 0.6) is 11.5 Å². The van der Waals surface area contributed by atoms with Gasteiger partial charge >= 0.3 is 12.1 Å². The highest BCUT2D eigenvalue weighted by Gasteiger charge is 2.46. The molecule has 2 N–H and O–H groups in total. The third-order valence-corrected chi connectivity index (χ3v) is 8.47. The molecule has 0 radical (unpaired) electrons. The number of nitrogens with zero attached hydrogens (tertiary/aromatic N) is 1. The maximum atomic E-state index is 12.9. The number of nitrogens with one attached hydrogen (secondary N) is 1. The Bertz CT molecular complexity index is 1320. The van der Waals surface area contributed by atoms with Crippen molar-refractivity contribution in [1.29, 1.82) is 0 Å². The first-order chi connectivity index (χ1) is 21.4. The Morgan fingerprint density at radius 1 is 1.09 bits per heavy atom. The molecule has 2 aromatic rings. The number of likely N-dealkylation sites (tertiary alicyclic amines) is 1. The van der Waals surface area contributed by atoms with Crippen molar-refractivity contribution in [3.8, 4) is 11.5 Å². The number of rotatable bonds is 9. The zero-order chi connectivity index (χ0) is 32.8. The Balaban J connectivity index is 0.000000591. The molecule has 5 rings (SSSR count). The average molecular weight is 637 g/mol. The second-order valence-electron chi connectivity index (χ2n) is 11.6. The number of benzene rings is 2. The Morgan fingerprint density at radius 2 is 1.67 bits per heavy atom. The number of hydrogen-bond acceptors (Lipinski definition) is 7. The highest BCUT2D eigenvalue weighted by atomic mass is 19.4. The van der Waals surface area contributed by atoms with Crippen LogP contribution < -0.4 is 24.4 Å². The smallest absolute Gasteiger partial charge is 0.430 e. The summed E-state index contributed by atoms with van der Waals surface area (Å²) >= 11 is 0. The van der Waals surface area contributed by atoms with E-state index in [-0.39, 0.29) is 23.0 Å². The van der Waals surface area contributed by atoms with Crippen LogP contribution in [0.2, 0.25) is 0 Å². The van der Waals surface area contributed by atoms with Gasteiger partial charge in [0.15, 0.2) is 0 Å². The normalized spacial score (nSPS) is 23.0. The first-order valence-corrected chi connectivity index (χ1v) is 15.1. The van der Waals surface area contributed by atoms with E-state index in [4.69, 9.17) is 29.2 Å². The van der Waals surface area contributed by atoms with Crippen LogP contribution in [0.3, 0.4) is 0 Å². The summed E-state index contributed by atoms with van der Waals surface area (Å²) < 4.78 is 49.7. The van der Waals surface area contributed by atoms with Crippen molar-refractivity contribution >= 4 is 23.5 Å². The van der Waals surface area contributed by atoms with Crippen molar-refractivity contribution in [2.45, 2.75) is 64.8 Å². The third-order valence-electron chi connectivity index (χ3n) is 8.47. The molecule has 1 unspecified atom stereocenters. The van der Waals surface area contributed by atoms with E-state index < -0.39 is 18.1 Å². The van der Waals surface area contributed by atoms with Gasteiger partial charge in [0.05, 0.1) is 43.5 Å². The van der Waals surface area contributed by atoms with Crippen LogP contribution >= 0.6 is 0 Å². The summed E-state index contributed by atoms with van der Waals surface area (Å²) in [4.78, 5) is 36.2. The van der Waals surface area contributed by atoms with Crippen molar-refractivity contribution in [2.24, 2.45) is 5.41 Å². The van der Waals surface area contributed by atoms with E-state index in [9.17, 15) is 22.8 Å². The van der Waals surface area contributed by atoms with Crippen LogP contribution in [-0.2, 0) is 20.9 Å². The molecule has 0 aliphatic carbocycles. The summed E-state index contributed by atoms with van der Waals surface area (Å²) in [5.74, 6) is -2.09. The van der Waals surface area contributed by atoms with Crippen LogP contribution in [0.4, 0.5) is 18.9 Å². The van der Waals surface area contributed by atoms with Gasteiger partial charge in [-0.25, -0.2) is 4.79 Å². The molecule has 0 saturated carbocycles. The number of anilines is 1. The van der Waals surface area contributed by atoms with Crippen molar-refractivity contribution < 1.29 is 56.9 Å². The minimum absolute atomic E-state index is 0.0112. The van der Waals surface area contributed by atoms with E-state index >= 15 is 0 Å². The number of carbonyl (C=O) groups is 3. The van der Waals surface area contributed by atoms with Crippen LogP contribution in [0.1, 0.15) is 73.5 Å². The number of quaternary nitrogens is 1. The number of amides is 1. The molecule has 3 aliphatic rings. The molecule has 3 fully saturated rings. The summed E-state index contributed by atoms with van der Waals surface area (Å²) in [6.07, 6.45) is -0.599. The SMILES string of the molecule is CCOc1cc(C[NH+]2CCC3(CC2)CC(=O)N(c2ccc(C(=O)O)cc2)C3)cc(OCC)c1C1CCCO1.O=C([O-])C(F)(F)F. The lowest BCUT2D eigenvalue weighted by Crippen LogP contribution is -3.12. The lowest BCUT2D eigenvalue weighted by molar-refractivity contribution is -0.921. The predicted octanol–water partition coefficient (Wildman–Crippen LogP) is 2.93. The lowest BCUT2D eigenvalue weighted by Gasteiger charge is -2.36. The van der Waals surface area contributed by atoms with Crippen LogP contribution in [-0.4, -0.2) is 68.6 Å². The van der Waals surface area contributed by atoms with E-state index in [0.29, 0.717) is 26.2 Å². The molecule has 3 heterocycles. The van der Waals surface area contributed by atoms with Gasteiger partial charge in [-0.2, -0.15) is 13.2 Å². The minimum atomic E-state index is -5.19. The molecule has 0 aromatic heterocycles. The van der Waals surface area contributed by atoms with Crippen molar-refractivity contribution in [2.75, 3.05) is 44.4 Å². The fourth-order valence-electron chi connectivity index (χ4n) is 6.28. The Kier molecular flexibility index (Phi) is 11.0. The highest BCUT2D eigenvalue weighted by molar-refractivity contribution is 5.97. The largest absolute Gasteiger partial charge is 0.542 e. The second kappa shape index (κ2) is 14.5. The molecule has 2 aromatic carbocycles. The number of piperidine rings is 1. The third kappa shape index (κ3) is 8.46. The van der Waals surface area contributed by atoms with Gasteiger partial charge in [-0.05, 0) is 63.1 Å². The molecule has 13 heteroatoms. The average Bonchev–Trinajstić information content (AvgIpc) is 3.63. The van der Waals surface area contributed by atoms with Crippen molar-refractivity contribution in [3.63, 3.8) is 0 Å². The first kappa shape index (κ1) is 34.0. The quantitative estimate of drug-likeness (QED) is 0.430. The summed E-state index contributed by atoms with van der Waals surface area (Å²) in [6.45, 7) is 9.57. The van der Waals surface area contributed by atoms with Gasteiger partial charge in [-0.15, -0.1) is 0 Å². The molecule has 0 bridgehead atoms. The standard InChI is InChI=1S/C30H38N2O6.C2HF3O2/c1-3-36-25-16-21(17-26(37-4-2)28(25)24-6-5-15-38-24)19-31-13-11-30(12-14-31)18-27(33)32(20-30)23-9-7-22(8-10-23)29(34)35;3-2(4,5)1(6)7/h7-10,16-17,24H,3-6,11-15,18-20H2,1-2H3,(H,34,35);(H,6,7). The van der Waals surface area contributed by atoms with E-state index in [2.05, 4.69) is 12.1 Å². The molecule has 45 heavy (non-hydrogen) atoms. The van der Waals surface area contributed by atoms with Gasteiger partial charge in [0.1, 0.15) is 24.0 Å². The first-order valence-electron chi connectivity index (χ1n) is 15.1. The molecule has 246 valence electrons. The molecule has 1 atom stereocenters. The summed E-state index contributed by atoms with van der Waals surface area (Å²) in [5.41, 5.74) is 3.25. The van der Waals surface area contributed by atoms with E-state index in [1.165, 1.54) is 10.5 Å². The van der Waals surface area contributed by atoms with Crippen LogP contribution in [0, 0.1) is 5.41 Å². The van der Waals surface area contributed by atoms with Gasteiger partial charge in [-0.3, -0.25) is 4.79 Å². The Hall–Kier alpha value is -3.84. The molecule has 10 nitrogen and oxygen atoms in total. The van der Waals surface area contributed by atoms with Crippen LogP contribution in [0.15, 0.2) is 36.4 Å². The number of aromatic carboxylic acids is 1. The number of carboxylic acids is 2.